The Kier molecular flexibility index (Phi) is 5.86. The van der Waals surface area contributed by atoms with Crippen LogP contribution in [-0.2, 0) is 14.8 Å². The standard InChI is InChI=1S/C15H14BrFN2O3S/c16-11-5-1-4-8-14(11)23(21,22)18-10-9-15(20)19-13-7-3-2-6-12(13)17/h1-8,18H,9-10H2,(H,19,20). The summed E-state index contributed by atoms with van der Waals surface area (Å²) in [4.78, 5) is 11.8. The van der Waals surface area contributed by atoms with Gasteiger partial charge in [-0.2, -0.15) is 0 Å². The Labute approximate surface area is 142 Å². The first kappa shape index (κ1) is 17.6. The fraction of sp³-hybridized carbons (Fsp3) is 0.133. The van der Waals surface area contributed by atoms with Crippen molar-refractivity contribution in [2.45, 2.75) is 11.3 Å². The normalized spacial score (nSPS) is 11.2. The number of sulfonamides is 1. The predicted octanol–water partition coefficient (Wildman–Crippen LogP) is 2.90. The van der Waals surface area contributed by atoms with Crippen LogP contribution >= 0.6 is 15.9 Å². The van der Waals surface area contributed by atoms with Gasteiger partial charge < -0.3 is 5.32 Å². The zero-order valence-electron chi connectivity index (χ0n) is 11.9. The van der Waals surface area contributed by atoms with Crippen LogP contribution in [0.15, 0.2) is 57.9 Å². The van der Waals surface area contributed by atoms with E-state index >= 15 is 0 Å². The van der Waals surface area contributed by atoms with Crippen molar-refractivity contribution in [1.82, 2.24) is 4.72 Å². The largest absolute Gasteiger partial charge is 0.324 e. The summed E-state index contributed by atoms with van der Waals surface area (Å²) in [6, 6.07) is 12.1. The molecule has 0 heterocycles. The van der Waals surface area contributed by atoms with E-state index in [1.807, 2.05) is 0 Å². The first-order valence-corrected chi connectivity index (χ1v) is 8.96. The Morgan fingerprint density at radius 1 is 1.09 bits per heavy atom. The number of hydrogen-bond acceptors (Lipinski definition) is 3. The Bertz CT molecular complexity index is 812. The molecule has 0 fully saturated rings. The molecule has 0 bridgehead atoms. The summed E-state index contributed by atoms with van der Waals surface area (Å²) < 4.78 is 40.4. The number of amides is 1. The first-order valence-electron chi connectivity index (χ1n) is 6.69. The third-order valence-electron chi connectivity index (χ3n) is 2.92. The number of carbonyl (C=O) groups excluding carboxylic acids is 1. The zero-order valence-corrected chi connectivity index (χ0v) is 14.3. The summed E-state index contributed by atoms with van der Waals surface area (Å²) >= 11 is 3.17. The van der Waals surface area contributed by atoms with Gasteiger partial charge in [0.2, 0.25) is 15.9 Å². The third-order valence-corrected chi connectivity index (χ3v) is 5.39. The minimum atomic E-state index is -3.72. The molecule has 0 aliphatic rings. The minimum Gasteiger partial charge on any atom is -0.324 e. The van der Waals surface area contributed by atoms with E-state index in [1.54, 1.807) is 24.3 Å². The topological polar surface area (TPSA) is 75.3 Å². The number of rotatable bonds is 6. The number of benzene rings is 2. The highest BCUT2D eigenvalue weighted by Crippen LogP contribution is 2.20. The minimum absolute atomic E-state index is 0.0613. The highest BCUT2D eigenvalue weighted by Gasteiger charge is 2.17. The lowest BCUT2D eigenvalue weighted by Crippen LogP contribution is -2.28. The quantitative estimate of drug-likeness (QED) is 0.782. The van der Waals surface area contributed by atoms with Crippen LogP contribution in [-0.4, -0.2) is 20.9 Å². The summed E-state index contributed by atoms with van der Waals surface area (Å²) in [5.41, 5.74) is 0.0613. The van der Waals surface area contributed by atoms with Gasteiger partial charge in [-0.25, -0.2) is 17.5 Å². The van der Waals surface area contributed by atoms with Crippen molar-refractivity contribution >= 4 is 37.5 Å². The second-order valence-corrected chi connectivity index (χ2v) is 7.20. The monoisotopic (exact) mass is 400 g/mol. The van der Waals surface area contributed by atoms with E-state index in [1.165, 1.54) is 24.3 Å². The Balaban J connectivity index is 1.91. The summed E-state index contributed by atoms with van der Waals surface area (Å²) in [5.74, 6) is -1.03. The first-order chi connectivity index (χ1) is 10.9. The molecule has 8 heteroatoms. The van der Waals surface area contributed by atoms with Crippen molar-refractivity contribution < 1.29 is 17.6 Å². The highest BCUT2D eigenvalue weighted by molar-refractivity contribution is 9.10. The lowest BCUT2D eigenvalue weighted by atomic mass is 10.3. The van der Waals surface area contributed by atoms with Crippen LogP contribution in [0.5, 0.6) is 0 Å². The molecule has 2 aromatic rings. The van der Waals surface area contributed by atoms with Gasteiger partial charge in [0, 0.05) is 17.4 Å². The molecule has 0 atom stereocenters. The van der Waals surface area contributed by atoms with Gasteiger partial charge in [-0.15, -0.1) is 0 Å². The van der Waals surface area contributed by atoms with Gasteiger partial charge in [-0.3, -0.25) is 4.79 Å². The Morgan fingerprint density at radius 3 is 2.43 bits per heavy atom. The van der Waals surface area contributed by atoms with Crippen molar-refractivity contribution in [1.29, 1.82) is 0 Å². The van der Waals surface area contributed by atoms with Crippen molar-refractivity contribution in [2.75, 3.05) is 11.9 Å². The van der Waals surface area contributed by atoms with E-state index in [4.69, 9.17) is 0 Å². The van der Waals surface area contributed by atoms with E-state index in [2.05, 4.69) is 26.0 Å². The van der Waals surface area contributed by atoms with E-state index < -0.39 is 21.7 Å². The van der Waals surface area contributed by atoms with Gasteiger partial charge >= 0.3 is 0 Å². The smallest absolute Gasteiger partial charge is 0.241 e. The molecule has 0 saturated heterocycles. The Morgan fingerprint density at radius 2 is 1.74 bits per heavy atom. The maximum atomic E-state index is 13.4. The van der Waals surface area contributed by atoms with Gasteiger partial charge in [0.15, 0.2) is 0 Å². The fourth-order valence-corrected chi connectivity index (χ4v) is 3.85. The summed E-state index contributed by atoms with van der Waals surface area (Å²) in [6.07, 6.45) is -0.113. The molecule has 0 aliphatic heterocycles. The van der Waals surface area contributed by atoms with Gasteiger partial charge in [0.05, 0.1) is 10.6 Å². The van der Waals surface area contributed by atoms with Crippen molar-refractivity contribution in [2.24, 2.45) is 0 Å². The van der Waals surface area contributed by atoms with Crippen molar-refractivity contribution in [3.8, 4) is 0 Å². The van der Waals surface area contributed by atoms with E-state index in [9.17, 15) is 17.6 Å². The van der Waals surface area contributed by atoms with Gasteiger partial charge in [0.1, 0.15) is 5.82 Å². The zero-order chi connectivity index (χ0) is 16.9. The van der Waals surface area contributed by atoms with Crippen LogP contribution in [0, 0.1) is 5.82 Å². The average Bonchev–Trinajstić information content (AvgIpc) is 2.49. The van der Waals surface area contributed by atoms with Gasteiger partial charge in [-0.1, -0.05) is 24.3 Å². The number of halogens is 2. The number of hydrogen-bond donors (Lipinski definition) is 2. The average molecular weight is 401 g/mol. The number of nitrogens with one attached hydrogen (secondary N) is 2. The SMILES string of the molecule is O=C(CCNS(=O)(=O)c1ccccc1Br)Nc1ccccc1F. The second kappa shape index (κ2) is 7.67. The summed E-state index contributed by atoms with van der Waals surface area (Å²) in [5, 5.41) is 2.39. The van der Waals surface area contributed by atoms with E-state index in [0.717, 1.165) is 0 Å². The third kappa shape index (κ3) is 4.85. The predicted molar refractivity (Wildman–Crippen MR) is 89.0 cm³/mol. The highest BCUT2D eigenvalue weighted by atomic mass is 79.9. The molecule has 1 amide bonds. The molecule has 23 heavy (non-hydrogen) atoms. The molecule has 2 rings (SSSR count). The lowest BCUT2D eigenvalue weighted by molar-refractivity contribution is -0.116. The van der Waals surface area contributed by atoms with Crippen LogP contribution in [0.25, 0.3) is 0 Å². The Hall–Kier alpha value is -1.77. The number of anilines is 1. The molecule has 5 nitrogen and oxygen atoms in total. The molecule has 0 aliphatic carbocycles. The molecule has 122 valence electrons. The maximum Gasteiger partial charge on any atom is 0.241 e. The van der Waals surface area contributed by atoms with Crippen LogP contribution < -0.4 is 10.0 Å². The van der Waals surface area contributed by atoms with Crippen molar-refractivity contribution in [3.05, 3.63) is 58.8 Å². The van der Waals surface area contributed by atoms with Gasteiger partial charge in [-0.05, 0) is 40.2 Å². The molecule has 0 radical (unpaired) electrons. The molecule has 2 N–H and O–H groups in total. The van der Waals surface area contributed by atoms with Crippen LogP contribution in [0.4, 0.5) is 10.1 Å². The molecule has 0 aromatic heterocycles. The molecular weight excluding hydrogens is 387 g/mol. The fourth-order valence-electron chi connectivity index (χ4n) is 1.81. The van der Waals surface area contributed by atoms with Crippen molar-refractivity contribution in [3.63, 3.8) is 0 Å². The molecule has 0 spiro atoms. The molecule has 0 unspecified atom stereocenters. The van der Waals surface area contributed by atoms with E-state index in [-0.39, 0.29) is 23.5 Å². The second-order valence-electron chi connectivity index (χ2n) is 4.61. The molecule has 2 aromatic carbocycles. The van der Waals surface area contributed by atoms with Crippen LogP contribution in [0.1, 0.15) is 6.42 Å². The van der Waals surface area contributed by atoms with E-state index in [0.29, 0.717) is 4.47 Å². The summed E-state index contributed by atoms with van der Waals surface area (Å²) in [7, 11) is -3.72. The van der Waals surface area contributed by atoms with Crippen LogP contribution in [0.2, 0.25) is 0 Å². The molecular formula is C15H14BrFN2O3S. The molecule has 0 saturated carbocycles. The van der Waals surface area contributed by atoms with Crippen LogP contribution in [0.3, 0.4) is 0 Å². The summed E-state index contributed by atoms with van der Waals surface area (Å²) in [6.45, 7) is -0.0933. The lowest BCUT2D eigenvalue weighted by Gasteiger charge is -2.09. The number of carbonyl (C=O) groups is 1. The van der Waals surface area contributed by atoms with Gasteiger partial charge in [0.25, 0.3) is 0 Å². The number of para-hydroxylation sites is 1. The maximum absolute atomic E-state index is 13.4.